The van der Waals surface area contributed by atoms with Crippen molar-refractivity contribution in [1.29, 1.82) is 0 Å². The summed E-state index contributed by atoms with van der Waals surface area (Å²) in [6.07, 6.45) is 0. The van der Waals surface area contributed by atoms with Crippen molar-refractivity contribution in [2.24, 2.45) is 0 Å². The highest BCUT2D eigenvalue weighted by molar-refractivity contribution is 9.10. The van der Waals surface area contributed by atoms with E-state index in [0.29, 0.717) is 11.4 Å². The number of aryl methyl sites for hydroxylation is 1. The van der Waals surface area contributed by atoms with Crippen LogP contribution in [0.2, 0.25) is 0 Å². The predicted molar refractivity (Wildman–Crippen MR) is 88.6 cm³/mol. The molecule has 0 aliphatic heterocycles. The van der Waals surface area contributed by atoms with E-state index in [2.05, 4.69) is 21.2 Å². The number of benzene rings is 2. The van der Waals surface area contributed by atoms with Crippen LogP contribution in [0.25, 0.3) is 0 Å². The zero-order valence-electron chi connectivity index (χ0n) is 12.6. The van der Waals surface area contributed by atoms with Gasteiger partial charge < -0.3 is 10.1 Å². The second kappa shape index (κ2) is 6.48. The number of halogens is 2. The third kappa shape index (κ3) is 4.07. The first-order valence-electron chi connectivity index (χ1n) is 6.80. The van der Waals surface area contributed by atoms with Gasteiger partial charge in [-0.1, -0.05) is 6.07 Å². The van der Waals surface area contributed by atoms with Crippen LogP contribution >= 0.6 is 15.9 Å². The average Bonchev–Trinajstić information content (AvgIpc) is 2.44. The molecule has 0 aliphatic carbocycles. The summed E-state index contributed by atoms with van der Waals surface area (Å²) in [4.78, 5) is 12.4. The second-order valence-electron chi connectivity index (χ2n) is 5.50. The van der Waals surface area contributed by atoms with Gasteiger partial charge in [0.1, 0.15) is 11.6 Å². The normalized spacial score (nSPS) is 11.1. The Morgan fingerprint density at radius 3 is 2.41 bits per heavy atom. The molecule has 1 N–H and O–H groups in total. The lowest BCUT2D eigenvalue weighted by molar-refractivity contribution is -0.128. The minimum Gasteiger partial charge on any atom is -0.478 e. The van der Waals surface area contributed by atoms with Gasteiger partial charge in [-0.15, -0.1) is 0 Å². The Bertz CT molecular complexity index is 684. The third-order valence-corrected chi connectivity index (χ3v) is 3.76. The maximum atomic E-state index is 12.9. The first-order valence-corrected chi connectivity index (χ1v) is 7.59. The molecule has 0 spiro atoms. The van der Waals surface area contributed by atoms with Crippen molar-refractivity contribution in [2.75, 3.05) is 5.32 Å². The molecule has 2 aromatic carbocycles. The SMILES string of the molecule is Cc1ccc(NC(=O)C(C)(C)Oc2ccc(F)cc2)c(Br)c1. The molecule has 0 heterocycles. The summed E-state index contributed by atoms with van der Waals surface area (Å²) in [7, 11) is 0. The number of anilines is 1. The highest BCUT2D eigenvalue weighted by Gasteiger charge is 2.30. The molecule has 0 bridgehead atoms. The van der Waals surface area contributed by atoms with E-state index in [1.54, 1.807) is 13.8 Å². The van der Waals surface area contributed by atoms with Crippen molar-refractivity contribution < 1.29 is 13.9 Å². The van der Waals surface area contributed by atoms with E-state index in [1.807, 2.05) is 25.1 Å². The van der Waals surface area contributed by atoms with Gasteiger partial charge in [0, 0.05) is 4.47 Å². The molecule has 2 aromatic rings. The summed E-state index contributed by atoms with van der Waals surface area (Å²) < 4.78 is 19.4. The highest BCUT2D eigenvalue weighted by Crippen LogP contribution is 2.26. The standard InChI is InChI=1S/C17H17BrFNO2/c1-11-4-9-15(14(18)10-11)20-16(21)17(2,3)22-13-7-5-12(19)6-8-13/h4-10H,1-3H3,(H,20,21). The fourth-order valence-corrected chi connectivity index (χ4v) is 2.43. The van der Waals surface area contributed by atoms with Crippen molar-refractivity contribution in [1.82, 2.24) is 0 Å². The molecular formula is C17H17BrFNO2. The Morgan fingerprint density at radius 1 is 1.18 bits per heavy atom. The number of carbonyl (C=O) groups excluding carboxylic acids is 1. The molecule has 0 radical (unpaired) electrons. The zero-order valence-corrected chi connectivity index (χ0v) is 14.2. The number of nitrogens with one attached hydrogen (secondary N) is 1. The monoisotopic (exact) mass is 365 g/mol. The van der Waals surface area contributed by atoms with Crippen LogP contribution in [0.5, 0.6) is 5.75 Å². The van der Waals surface area contributed by atoms with Crippen LogP contribution < -0.4 is 10.1 Å². The number of hydrogen-bond acceptors (Lipinski definition) is 2. The molecule has 1 amide bonds. The molecule has 0 aliphatic rings. The van der Waals surface area contributed by atoms with Gasteiger partial charge in [0.05, 0.1) is 5.69 Å². The van der Waals surface area contributed by atoms with Crippen LogP contribution in [0.1, 0.15) is 19.4 Å². The summed E-state index contributed by atoms with van der Waals surface area (Å²) in [5.74, 6) is -0.205. The maximum absolute atomic E-state index is 12.9. The van der Waals surface area contributed by atoms with Crippen LogP contribution in [0.4, 0.5) is 10.1 Å². The topological polar surface area (TPSA) is 38.3 Å². The molecule has 22 heavy (non-hydrogen) atoms. The number of hydrogen-bond donors (Lipinski definition) is 1. The minimum atomic E-state index is -1.10. The Hall–Kier alpha value is -1.88. The number of amides is 1. The molecule has 0 saturated heterocycles. The van der Waals surface area contributed by atoms with Gasteiger partial charge in [0.25, 0.3) is 5.91 Å². The molecular weight excluding hydrogens is 349 g/mol. The quantitative estimate of drug-likeness (QED) is 0.852. The molecule has 0 atom stereocenters. The van der Waals surface area contributed by atoms with Crippen molar-refractivity contribution in [3.8, 4) is 5.75 Å². The number of carbonyl (C=O) groups is 1. The molecule has 2 rings (SSSR count). The Morgan fingerprint density at radius 2 is 1.82 bits per heavy atom. The molecule has 3 nitrogen and oxygen atoms in total. The lowest BCUT2D eigenvalue weighted by atomic mass is 10.1. The van der Waals surface area contributed by atoms with E-state index >= 15 is 0 Å². The van der Waals surface area contributed by atoms with E-state index in [9.17, 15) is 9.18 Å². The van der Waals surface area contributed by atoms with Crippen LogP contribution in [0, 0.1) is 12.7 Å². The van der Waals surface area contributed by atoms with E-state index in [1.165, 1.54) is 24.3 Å². The van der Waals surface area contributed by atoms with Gasteiger partial charge >= 0.3 is 0 Å². The van der Waals surface area contributed by atoms with E-state index in [0.717, 1.165) is 10.0 Å². The van der Waals surface area contributed by atoms with Crippen LogP contribution in [-0.2, 0) is 4.79 Å². The van der Waals surface area contributed by atoms with Crippen LogP contribution in [-0.4, -0.2) is 11.5 Å². The Kier molecular flexibility index (Phi) is 4.86. The van der Waals surface area contributed by atoms with Crippen molar-refractivity contribution in [2.45, 2.75) is 26.4 Å². The van der Waals surface area contributed by atoms with Crippen LogP contribution in [0.15, 0.2) is 46.9 Å². The maximum Gasteiger partial charge on any atom is 0.268 e. The van der Waals surface area contributed by atoms with Gasteiger partial charge in [-0.3, -0.25) is 4.79 Å². The number of ether oxygens (including phenoxy) is 1. The second-order valence-corrected chi connectivity index (χ2v) is 6.36. The summed E-state index contributed by atoms with van der Waals surface area (Å²) in [6, 6.07) is 11.2. The Balaban J connectivity index is 2.11. The van der Waals surface area contributed by atoms with Gasteiger partial charge in [-0.05, 0) is 78.7 Å². The lowest BCUT2D eigenvalue weighted by Crippen LogP contribution is -2.42. The summed E-state index contributed by atoms with van der Waals surface area (Å²) in [5.41, 5.74) is 0.667. The highest BCUT2D eigenvalue weighted by atomic mass is 79.9. The minimum absolute atomic E-state index is 0.290. The van der Waals surface area contributed by atoms with Crippen molar-refractivity contribution in [3.05, 3.63) is 58.3 Å². The predicted octanol–water partition coefficient (Wildman–Crippen LogP) is 4.69. The van der Waals surface area contributed by atoms with Crippen molar-refractivity contribution in [3.63, 3.8) is 0 Å². The van der Waals surface area contributed by atoms with E-state index in [4.69, 9.17) is 4.74 Å². The fourth-order valence-electron chi connectivity index (χ4n) is 1.84. The fraction of sp³-hybridized carbons (Fsp3) is 0.235. The first-order chi connectivity index (χ1) is 10.3. The summed E-state index contributed by atoms with van der Waals surface area (Å²) in [6.45, 7) is 5.29. The largest absolute Gasteiger partial charge is 0.478 e. The Labute approximate surface area is 137 Å². The first kappa shape index (κ1) is 16.5. The smallest absolute Gasteiger partial charge is 0.268 e. The zero-order chi connectivity index (χ0) is 16.3. The molecule has 5 heteroatoms. The number of rotatable bonds is 4. The van der Waals surface area contributed by atoms with E-state index in [-0.39, 0.29) is 11.7 Å². The van der Waals surface area contributed by atoms with Gasteiger partial charge in [0.15, 0.2) is 5.60 Å². The molecule has 116 valence electrons. The molecule has 0 saturated carbocycles. The third-order valence-electron chi connectivity index (χ3n) is 3.11. The average molecular weight is 366 g/mol. The van der Waals surface area contributed by atoms with Crippen LogP contribution in [0.3, 0.4) is 0 Å². The van der Waals surface area contributed by atoms with Gasteiger partial charge in [0.2, 0.25) is 0 Å². The molecule has 0 aromatic heterocycles. The van der Waals surface area contributed by atoms with Gasteiger partial charge in [-0.2, -0.15) is 0 Å². The van der Waals surface area contributed by atoms with E-state index < -0.39 is 5.60 Å². The molecule has 0 unspecified atom stereocenters. The van der Waals surface area contributed by atoms with Crippen molar-refractivity contribution >= 4 is 27.5 Å². The summed E-state index contributed by atoms with van der Waals surface area (Å²) >= 11 is 3.42. The van der Waals surface area contributed by atoms with Gasteiger partial charge in [-0.25, -0.2) is 4.39 Å². The lowest BCUT2D eigenvalue weighted by Gasteiger charge is -2.25. The summed E-state index contributed by atoms with van der Waals surface area (Å²) in [5, 5.41) is 2.82. The molecule has 0 fully saturated rings.